The molecule has 2 heterocycles. The van der Waals surface area contributed by atoms with Crippen LogP contribution >= 0.6 is 0 Å². The number of benzene rings is 1. The summed E-state index contributed by atoms with van der Waals surface area (Å²) in [6.45, 7) is 5.88. The molecule has 3 N–H and O–H groups in total. The Morgan fingerprint density at radius 2 is 1.82 bits per heavy atom. The summed E-state index contributed by atoms with van der Waals surface area (Å²) in [6, 6.07) is 10.0. The minimum absolute atomic E-state index is 0.00102. The van der Waals surface area contributed by atoms with Gasteiger partial charge in [0.1, 0.15) is 11.1 Å². The van der Waals surface area contributed by atoms with Crippen molar-refractivity contribution in [1.82, 2.24) is 15.2 Å². The van der Waals surface area contributed by atoms with Crippen LogP contribution in [0.15, 0.2) is 36.4 Å². The Labute approximate surface area is 220 Å². The molecule has 1 aromatic carbocycles. The van der Waals surface area contributed by atoms with E-state index < -0.39 is 41.2 Å². The normalized spacial score (nSPS) is 14.7. The van der Waals surface area contributed by atoms with Crippen molar-refractivity contribution in [3.05, 3.63) is 53.2 Å². The van der Waals surface area contributed by atoms with Gasteiger partial charge in [0.25, 0.3) is 0 Å². The molecule has 1 aromatic heterocycles. The van der Waals surface area contributed by atoms with E-state index in [1.165, 1.54) is 11.0 Å². The van der Waals surface area contributed by atoms with Gasteiger partial charge < -0.3 is 25.4 Å². The highest BCUT2D eigenvalue weighted by Gasteiger charge is 2.53. The van der Waals surface area contributed by atoms with E-state index in [4.69, 9.17) is 0 Å². The lowest BCUT2D eigenvalue weighted by Crippen LogP contribution is -2.68. The Bertz CT molecular complexity index is 1200. The van der Waals surface area contributed by atoms with Crippen LogP contribution in [0.5, 0.6) is 5.88 Å². The zero-order chi connectivity index (χ0) is 28.3. The second kappa shape index (κ2) is 11.3. The fraction of sp³-hybridized carbons (Fsp3) is 0.481. The van der Waals surface area contributed by atoms with Crippen molar-refractivity contribution in [1.29, 1.82) is 0 Å². The Morgan fingerprint density at radius 3 is 2.42 bits per heavy atom. The van der Waals surface area contributed by atoms with Crippen molar-refractivity contribution >= 4 is 23.6 Å². The molecule has 0 atom stereocenters. The molecule has 1 aliphatic rings. The van der Waals surface area contributed by atoms with Gasteiger partial charge in [-0.1, -0.05) is 38.1 Å². The van der Waals surface area contributed by atoms with E-state index in [9.17, 15) is 28.3 Å². The van der Waals surface area contributed by atoms with Crippen molar-refractivity contribution in [3.8, 4) is 5.88 Å². The number of aromatic nitrogens is 1. The van der Waals surface area contributed by atoms with Crippen LogP contribution in [-0.4, -0.2) is 59.1 Å². The molecule has 206 valence electrons. The summed E-state index contributed by atoms with van der Waals surface area (Å²) in [5.41, 5.74) is -0.0395. The molecule has 0 unspecified atom stereocenters. The van der Waals surface area contributed by atoms with Gasteiger partial charge in [0.2, 0.25) is 11.8 Å². The quantitative estimate of drug-likeness (QED) is 0.414. The second-order valence-corrected chi connectivity index (χ2v) is 10.5. The number of urea groups is 1. The van der Waals surface area contributed by atoms with Gasteiger partial charge in [-0.3, -0.25) is 9.59 Å². The molecule has 0 aliphatic carbocycles. The summed E-state index contributed by atoms with van der Waals surface area (Å²) in [5, 5.41) is 14.7. The van der Waals surface area contributed by atoms with Gasteiger partial charge in [-0.25, -0.2) is 9.78 Å². The first-order chi connectivity index (χ1) is 17.8. The number of rotatable bonds is 10. The van der Waals surface area contributed by atoms with E-state index in [1.54, 1.807) is 26.8 Å². The van der Waals surface area contributed by atoms with Crippen LogP contribution in [0, 0.1) is 12.3 Å². The fourth-order valence-corrected chi connectivity index (χ4v) is 4.37. The number of carbonyl (C=O) groups excluding carboxylic acids is 2. The topological polar surface area (TPSA) is 121 Å². The standard InChI is InChI=1S/C27H34F2N4O5/c1-16(2)18-8-6-7-9-19(18)27(14-33(15-27)25(37)30-13-12-26(4,5)23(35)36)22(34)32-20-11-10-17(3)31-21(20)38-24(28)29/h6-11,16,24H,12-15H2,1-5H3,(H,30,37)(H,32,34)(H,35,36). The minimum atomic E-state index is -3.12. The number of aliphatic carboxylic acids is 1. The number of likely N-dealkylation sites (tertiary alicyclic amines) is 1. The van der Waals surface area contributed by atoms with Crippen molar-refractivity contribution in [2.75, 3.05) is 25.0 Å². The van der Waals surface area contributed by atoms with Gasteiger partial charge in [0, 0.05) is 25.3 Å². The lowest BCUT2D eigenvalue weighted by molar-refractivity contribution is -0.147. The number of anilines is 1. The number of carboxylic acids is 1. The average Bonchev–Trinajstić information content (AvgIpc) is 2.80. The summed E-state index contributed by atoms with van der Waals surface area (Å²) in [5.74, 6) is -1.75. The third-order valence-corrected chi connectivity index (χ3v) is 6.80. The summed E-state index contributed by atoms with van der Waals surface area (Å²) in [4.78, 5) is 43.4. The third kappa shape index (κ3) is 6.20. The molecule has 9 nitrogen and oxygen atoms in total. The van der Waals surface area contributed by atoms with Gasteiger partial charge in [-0.15, -0.1) is 0 Å². The van der Waals surface area contributed by atoms with Crippen LogP contribution in [0.3, 0.4) is 0 Å². The molecule has 2 aromatic rings. The molecule has 0 radical (unpaired) electrons. The zero-order valence-electron chi connectivity index (χ0n) is 22.2. The van der Waals surface area contributed by atoms with Crippen LogP contribution in [0.1, 0.15) is 56.9 Å². The number of carboxylic acid groups (broad SMARTS) is 1. The van der Waals surface area contributed by atoms with Gasteiger partial charge >= 0.3 is 18.6 Å². The molecule has 0 spiro atoms. The Kier molecular flexibility index (Phi) is 8.58. The average molecular weight is 533 g/mol. The molecule has 0 bridgehead atoms. The molecule has 0 saturated carbocycles. The van der Waals surface area contributed by atoms with E-state index in [0.717, 1.165) is 11.1 Å². The van der Waals surface area contributed by atoms with Crippen molar-refractivity contribution in [2.24, 2.45) is 5.41 Å². The maximum absolute atomic E-state index is 13.8. The van der Waals surface area contributed by atoms with Gasteiger partial charge in [0.15, 0.2) is 0 Å². The Balaban J connectivity index is 1.86. The molecular formula is C27H34F2N4O5. The Morgan fingerprint density at radius 1 is 1.16 bits per heavy atom. The number of halogens is 2. The van der Waals surface area contributed by atoms with Crippen molar-refractivity contribution < 1.29 is 33.0 Å². The van der Waals surface area contributed by atoms with E-state index >= 15 is 0 Å². The van der Waals surface area contributed by atoms with Gasteiger partial charge in [0.05, 0.1) is 5.41 Å². The maximum atomic E-state index is 13.8. The number of carbonyl (C=O) groups is 3. The lowest BCUT2D eigenvalue weighted by atomic mass is 9.69. The number of hydrogen-bond acceptors (Lipinski definition) is 5. The molecule has 38 heavy (non-hydrogen) atoms. The zero-order valence-corrected chi connectivity index (χ0v) is 22.2. The summed E-state index contributed by atoms with van der Waals surface area (Å²) < 4.78 is 30.5. The molecular weight excluding hydrogens is 498 g/mol. The first kappa shape index (κ1) is 28.8. The third-order valence-electron chi connectivity index (χ3n) is 6.80. The second-order valence-electron chi connectivity index (χ2n) is 10.5. The fourth-order valence-electron chi connectivity index (χ4n) is 4.37. The van der Waals surface area contributed by atoms with Gasteiger partial charge in [-0.05, 0) is 56.4 Å². The SMILES string of the molecule is Cc1ccc(NC(=O)C2(c3ccccc3C(C)C)CN(C(=O)NCCC(C)(C)C(=O)O)C2)c(OC(F)F)n1. The number of nitrogens with zero attached hydrogens (tertiary/aromatic N) is 2. The number of alkyl halides is 2. The lowest BCUT2D eigenvalue weighted by Gasteiger charge is -2.49. The number of ether oxygens (including phenoxy) is 1. The number of amides is 3. The van der Waals surface area contributed by atoms with E-state index in [2.05, 4.69) is 20.4 Å². The van der Waals surface area contributed by atoms with Crippen LogP contribution in [0.2, 0.25) is 0 Å². The molecule has 11 heteroatoms. The monoisotopic (exact) mass is 532 g/mol. The number of nitrogens with one attached hydrogen (secondary N) is 2. The van der Waals surface area contributed by atoms with E-state index in [1.807, 2.05) is 38.1 Å². The van der Waals surface area contributed by atoms with Crippen molar-refractivity contribution in [2.45, 2.75) is 59.0 Å². The van der Waals surface area contributed by atoms with Crippen LogP contribution in [0.25, 0.3) is 0 Å². The Hall–Kier alpha value is -3.76. The molecule has 1 saturated heterocycles. The number of hydrogen-bond donors (Lipinski definition) is 3. The number of aryl methyl sites for hydroxylation is 1. The largest absolute Gasteiger partial charge is 0.481 e. The van der Waals surface area contributed by atoms with Crippen LogP contribution in [-0.2, 0) is 15.0 Å². The highest BCUT2D eigenvalue weighted by molar-refractivity contribution is 6.02. The molecule has 1 fully saturated rings. The summed E-state index contributed by atoms with van der Waals surface area (Å²) in [6.07, 6.45) is 0.233. The smallest absolute Gasteiger partial charge is 0.388 e. The molecule has 1 aliphatic heterocycles. The molecule has 3 rings (SSSR count). The van der Waals surface area contributed by atoms with Crippen LogP contribution in [0.4, 0.5) is 19.3 Å². The van der Waals surface area contributed by atoms with E-state index in [0.29, 0.717) is 5.69 Å². The van der Waals surface area contributed by atoms with E-state index in [-0.39, 0.29) is 37.7 Å². The highest BCUT2D eigenvalue weighted by Crippen LogP contribution is 2.40. The van der Waals surface area contributed by atoms with Gasteiger partial charge in [-0.2, -0.15) is 8.78 Å². The predicted octanol–water partition coefficient (Wildman–Crippen LogP) is 4.52. The summed E-state index contributed by atoms with van der Waals surface area (Å²) >= 11 is 0. The number of pyridine rings is 1. The first-order valence-corrected chi connectivity index (χ1v) is 12.4. The predicted molar refractivity (Wildman–Crippen MR) is 137 cm³/mol. The van der Waals surface area contributed by atoms with Crippen molar-refractivity contribution in [3.63, 3.8) is 0 Å². The highest BCUT2D eigenvalue weighted by atomic mass is 19.3. The van der Waals surface area contributed by atoms with Crippen LogP contribution < -0.4 is 15.4 Å². The molecule has 3 amide bonds. The first-order valence-electron chi connectivity index (χ1n) is 12.4. The maximum Gasteiger partial charge on any atom is 0.388 e. The summed E-state index contributed by atoms with van der Waals surface area (Å²) in [7, 11) is 0. The minimum Gasteiger partial charge on any atom is -0.481 e.